The smallest absolute Gasteiger partial charge is 0.252 e. The Labute approximate surface area is 502 Å². The Morgan fingerprint density at radius 2 is 0.593 bits per heavy atom. The van der Waals surface area contributed by atoms with Crippen LogP contribution in [0.1, 0.15) is 50.7 Å². The number of hydrogen-bond donors (Lipinski definition) is 0. The minimum atomic E-state index is -0.107. The zero-order chi connectivity index (χ0) is 57.1. The third-order valence-electron chi connectivity index (χ3n) is 19.5. The van der Waals surface area contributed by atoms with Crippen molar-refractivity contribution >= 4 is 78.5 Å². The zero-order valence-corrected chi connectivity index (χ0v) is 48.4. The number of ether oxygens (including phenoxy) is 2. The Bertz CT molecular complexity index is 4720. The molecule has 0 aromatic heterocycles. The Morgan fingerprint density at radius 3 is 0.942 bits per heavy atom. The monoisotopic (exact) mass is 1090 g/mol. The molecule has 18 rings (SSSR count). The molecule has 86 heavy (non-hydrogen) atoms. The van der Waals surface area contributed by atoms with Crippen LogP contribution in [0, 0.1) is 0 Å². The lowest BCUT2D eigenvalue weighted by Gasteiger charge is -2.38. The van der Waals surface area contributed by atoms with Gasteiger partial charge in [0.05, 0.1) is 0 Å². The predicted octanol–water partition coefficient (Wildman–Crippen LogP) is 18.0. The van der Waals surface area contributed by atoms with E-state index in [-0.39, 0.29) is 25.3 Å². The minimum Gasteiger partial charge on any atom is -0.458 e. The number of para-hydroxylation sites is 2. The third kappa shape index (κ3) is 7.05. The molecule has 0 spiro atoms. The van der Waals surface area contributed by atoms with Gasteiger partial charge in [-0.1, -0.05) is 257 Å². The summed E-state index contributed by atoms with van der Waals surface area (Å²) in [6.45, 7) is 9.05. The van der Waals surface area contributed by atoms with E-state index in [2.05, 4.69) is 282 Å². The van der Waals surface area contributed by atoms with Gasteiger partial charge >= 0.3 is 0 Å². The topological polar surface area (TPSA) is 18.5 Å². The lowest BCUT2D eigenvalue weighted by atomic mass is 9.31. The molecule has 0 saturated carbocycles. The van der Waals surface area contributed by atoms with Crippen molar-refractivity contribution in [2.24, 2.45) is 0 Å². The summed E-state index contributed by atoms with van der Waals surface area (Å²) in [6, 6.07) is 96.1. The van der Waals surface area contributed by atoms with E-state index >= 15 is 0 Å². The maximum Gasteiger partial charge on any atom is 0.252 e. The number of hydrogen-bond acceptors (Lipinski definition) is 2. The molecule has 402 valence electrons. The fraction of sp³-hybridized carbons (Fsp3) is 0.0732. The Balaban J connectivity index is 1.12. The van der Waals surface area contributed by atoms with Crippen LogP contribution in [0.3, 0.4) is 0 Å². The molecule has 0 amide bonds. The molecule has 0 N–H and O–H groups in total. The van der Waals surface area contributed by atoms with Gasteiger partial charge in [0.15, 0.2) is 0 Å². The van der Waals surface area contributed by atoms with Crippen LogP contribution in [0.2, 0.25) is 0 Å². The fourth-order valence-electron chi connectivity index (χ4n) is 15.7. The molecule has 0 bridgehead atoms. The molecule has 0 aliphatic carbocycles. The van der Waals surface area contributed by atoms with E-state index in [4.69, 9.17) is 9.47 Å². The van der Waals surface area contributed by atoms with Crippen molar-refractivity contribution < 1.29 is 9.47 Å². The van der Waals surface area contributed by atoms with Gasteiger partial charge in [0.1, 0.15) is 23.0 Å². The van der Waals surface area contributed by atoms with Crippen LogP contribution < -0.4 is 42.3 Å². The summed E-state index contributed by atoms with van der Waals surface area (Å²) in [5.41, 5.74) is 29.4. The van der Waals surface area contributed by atoms with E-state index in [0.29, 0.717) is 0 Å². The van der Waals surface area contributed by atoms with Gasteiger partial charge in [-0.25, -0.2) is 0 Å². The maximum atomic E-state index is 7.22. The van der Waals surface area contributed by atoms with Gasteiger partial charge in [-0.15, -0.1) is 0 Å². The molecule has 14 aromatic carbocycles. The highest BCUT2D eigenvalue weighted by molar-refractivity contribution is 7.01. The first-order chi connectivity index (χ1) is 42.3. The summed E-state index contributed by atoms with van der Waals surface area (Å²) in [7, 11) is 0. The fourth-order valence-corrected chi connectivity index (χ4v) is 15.7. The molecule has 4 aliphatic heterocycles. The SMILES string of the molecule is CC(C)c1cc2c3c(c1)-c1cc(-c4c(-c5ccccc5)cccc4-c4ccccc4)c4cc5c6c(cc(-c7c(-c8ccccc8)cccc7-c7ccccc7)c7cc(c1c4c76)B3c1ccccc1O2)-c1cc(C(C)C)cc2c1B5c1ccccc1O2. The maximum absolute atomic E-state index is 7.22. The summed E-state index contributed by atoms with van der Waals surface area (Å²) in [5.74, 6) is 4.25. The van der Waals surface area contributed by atoms with Crippen molar-refractivity contribution in [3.05, 3.63) is 266 Å². The van der Waals surface area contributed by atoms with Gasteiger partial charge in [0.2, 0.25) is 0 Å². The highest BCUT2D eigenvalue weighted by atomic mass is 16.5. The third-order valence-corrected chi connectivity index (χ3v) is 19.5. The van der Waals surface area contributed by atoms with Crippen LogP contribution in [-0.2, 0) is 0 Å². The minimum absolute atomic E-state index is 0.107. The molecule has 14 aromatic rings. The predicted molar refractivity (Wildman–Crippen MR) is 364 cm³/mol. The van der Waals surface area contributed by atoms with Gasteiger partial charge in [0.25, 0.3) is 13.4 Å². The van der Waals surface area contributed by atoms with Crippen molar-refractivity contribution in [1.29, 1.82) is 0 Å². The molecule has 0 radical (unpaired) electrons. The van der Waals surface area contributed by atoms with Crippen molar-refractivity contribution in [3.63, 3.8) is 0 Å². The van der Waals surface area contributed by atoms with E-state index in [1.807, 2.05) is 0 Å². The second-order valence-corrected chi connectivity index (χ2v) is 24.8. The van der Waals surface area contributed by atoms with Gasteiger partial charge in [0, 0.05) is 0 Å². The van der Waals surface area contributed by atoms with Crippen LogP contribution >= 0.6 is 0 Å². The molecule has 0 atom stereocenters. The number of rotatable bonds is 8. The average molecular weight is 1090 g/mol. The first kappa shape index (κ1) is 49.3. The quantitative estimate of drug-likeness (QED) is 0.112. The number of benzene rings is 14. The van der Waals surface area contributed by atoms with E-state index in [0.717, 1.165) is 23.0 Å². The average Bonchev–Trinajstić information content (AvgIpc) is 0.674. The van der Waals surface area contributed by atoms with Gasteiger partial charge in [-0.3, -0.25) is 0 Å². The van der Waals surface area contributed by atoms with Gasteiger partial charge in [-0.2, -0.15) is 0 Å². The van der Waals surface area contributed by atoms with Gasteiger partial charge < -0.3 is 9.47 Å². The highest BCUT2D eigenvalue weighted by Gasteiger charge is 2.45. The largest absolute Gasteiger partial charge is 0.458 e. The van der Waals surface area contributed by atoms with E-state index < -0.39 is 0 Å². The second kappa shape index (κ2) is 18.7. The summed E-state index contributed by atoms with van der Waals surface area (Å²) in [6.07, 6.45) is 0. The van der Waals surface area contributed by atoms with Crippen LogP contribution in [-0.4, -0.2) is 13.4 Å². The van der Waals surface area contributed by atoms with Crippen molar-refractivity contribution in [1.82, 2.24) is 0 Å². The standard InChI is InChI=1S/C82H56B2O2/c1-47(2)53-39-65-61-43-59(75-55(49-23-9-5-10-24-49)31-21-32-56(75)50-25-11-6-12-26-50)63-46-70-78-62(66-40-54(48(3)4)42-74-82(66)84(70)68-36-18-20-38-72(68)86-74)44-60(76-57(51-27-13-7-14-28-51)33-22-34-58(76)52-29-15-8-16-30-52)64-45-69(77(61)79(63)80(64)78)83-67-35-17-19-37-71(67)85-73(41-53)81(65)83/h5-48H,1-4H3. The lowest BCUT2D eigenvalue weighted by Crippen LogP contribution is -2.58. The summed E-state index contributed by atoms with van der Waals surface area (Å²) >= 11 is 0. The van der Waals surface area contributed by atoms with Crippen LogP contribution in [0.25, 0.3) is 121 Å². The summed E-state index contributed by atoms with van der Waals surface area (Å²) in [4.78, 5) is 0. The molecular formula is C82H56B2O2. The van der Waals surface area contributed by atoms with Crippen LogP contribution in [0.5, 0.6) is 23.0 Å². The molecule has 4 heterocycles. The van der Waals surface area contributed by atoms with Gasteiger partial charge in [-0.05, 0) is 203 Å². The number of fused-ring (bicyclic) bond motifs is 8. The Kier molecular flexibility index (Phi) is 10.7. The molecule has 4 aliphatic rings. The highest BCUT2D eigenvalue weighted by Crippen LogP contribution is 2.55. The molecule has 0 saturated heterocycles. The second-order valence-electron chi connectivity index (χ2n) is 24.8. The molecule has 0 unspecified atom stereocenters. The van der Waals surface area contributed by atoms with Crippen LogP contribution in [0.15, 0.2) is 255 Å². The van der Waals surface area contributed by atoms with Crippen molar-refractivity contribution in [2.45, 2.75) is 39.5 Å². The molecule has 2 nitrogen and oxygen atoms in total. The first-order valence-electron chi connectivity index (χ1n) is 30.6. The van der Waals surface area contributed by atoms with E-state index in [1.54, 1.807) is 0 Å². The van der Waals surface area contributed by atoms with E-state index in [9.17, 15) is 0 Å². The molecule has 4 heteroatoms. The van der Waals surface area contributed by atoms with Crippen molar-refractivity contribution in [3.8, 4) is 112 Å². The van der Waals surface area contributed by atoms with Crippen molar-refractivity contribution in [2.75, 3.05) is 0 Å². The summed E-state index contributed by atoms with van der Waals surface area (Å²) in [5, 5.41) is 7.75. The normalized spacial score (nSPS) is 13.0. The Hall–Kier alpha value is -10.2. The zero-order valence-electron chi connectivity index (χ0n) is 48.4. The first-order valence-corrected chi connectivity index (χ1v) is 30.6. The lowest BCUT2D eigenvalue weighted by molar-refractivity contribution is 0.486. The summed E-state index contributed by atoms with van der Waals surface area (Å²) < 4.78 is 14.4. The van der Waals surface area contributed by atoms with Crippen LogP contribution in [0.4, 0.5) is 0 Å². The molecule has 0 fully saturated rings. The molecular weight excluding hydrogens is 1040 g/mol. The van der Waals surface area contributed by atoms with E-state index in [1.165, 1.54) is 165 Å². The Morgan fingerprint density at radius 1 is 0.256 bits per heavy atom.